The molecule has 0 aliphatic carbocycles. The van der Waals surface area contributed by atoms with Crippen LogP contribution in [-0.4, -0.2) is 36.5 Å². The Balaban J connectivity index is 2.34. The van der Waals surface area contributed by atoms with Crippen molar-refractivity contribution >= 4 is 15.7 Å². The number of hydrogen-bond donors (Lipinski definition) is 2. The van der Waals surface area contributed by atoms with E-state index in [0.717, 1.165) is 16.4 Å². The standard InChI is InChI=1S/C10H13FN2O3S/c1-10(14)5-13(6-10)17(15,16)9-3-2-7(12)4-8(9)11/h2-4,14H,5-6,12H2,1H3. The van der Waals surface area contributed by atoms with E-state index in [1.165, 1.54) is 13.0 Å². The molecule has 1 heterocycles. The molecule has 0 radical (unpaired) electrons. The van der Waals surface area contributed by atoms with Crippen LogP contribution < -0.4 is 5.73 Å². The second kappa shape index (κ2) is 3.66. The van der Waals surface area contributed by atoms with Crippen LogP contribution in [0.15, 0.2) is 23.1 Å². The van der Waals surface area contributed by atoms with Crippen LogP contribution >= 0.6 is 0 Å². The van der Waals surface area contributed by atoms with Gasteiger partial charge in [0.15, 0.2) is 0 Å². The van der Waals surface area contributed by atoms with Crippen molar-refractivity contribution in [2.45, 2.75) is 17.4 Å². The Hall–Kier alpha value is -1.18. The molecule has 0 aromatic heterocycles. The van der Waals surface area contributed by atoms with Crippen molar-refractivity contribution in [3.05, 3.63) is 24.0 Å². The maximum absolute atomic E-state index is 13.5. The minimum Gasteiger partial charge on any atom is -0.399 e. The van der Waals surface area contributed by atoms with Gasteiger partial charge in [0.1, 0.15) is 10.7 Å². The van der Waals surface area contributed by atoms with E-state index in [1.807, 2.05) is 0 Å². The highest BCUT2D eigenvalue weighted by atomic mass is 32.2. The predicted octanol–water partition coefficient (Wildman–Crippen LogP) is 0.163. The van der Waals surface area contributed by atoms with Gasteiger partial charge in [-0.2, -0.15) is 4.31 Å². The highest BCUT2D eigenvalue weighted by Crippen LogP contribution is 2.29. The number of sulfonamides is 1. The van der Waals surface area contributed by atoms with E-state index in [1.54, 1.807) is 0 Å². The van der Waals surface area contributed by atoms with Crippen molar-refractivity contribution in [3.8, 4) is 0 Å². The van der Waals surface area contributed by atoms with Crippen LogP contribution in [0.4, 0.5) is 10.1 Å². The highest BCUT2D eigenvalue weighted by molar-refractivity contribution is 7.89. The SMILES string of the molecule is CC1(O)CN(S(=O)(=O)c2ccc(N)cc2F)C1. The number of β-amino-alcohol motifs (C(OH)–C–C–N with tert-alkyl or cyclic N) is 1. The maximum Gasteiger partial charge on any atom is 0.246 e. The number of halogens is 1. The van der Waals surface area contributed by atoms with Crippen LogP contribution in [0.1, 0.15) is 6.92 Å². The fourth-order valence-corrected chi connectivity index (χ4v) is 3.47. The molecule has 1 aromatic rings. The third-order valence-electron chi connectivity index (χ3n) is 2.61. The molecular weight excluding hydrogens is 247 g/mol. The number of nitrogens with two attached hydrogens (primary N) is 1. The van der Waals surface area contributed by atoms with Gasteiger partial charge in [0, 0.05) is 18.8 Å². The van der Waals surface area contributed by atoms with Gasteiger partial charge in [-0.3, -0.25) is 0 Å². The van der Waals surface area contributed by atoms with Crippen molar-refractivity contribution in [1.29, 1.82) is 0 Å². The molecule has 0 amide bonds. The molecule has 1 fully saturated rings. The molecule has 0 saturated carbocycles. The zero-order valence-corrected chi connectivity index (χ0v) is 10.0. The van der Waals surface area contributed by atoms with Gasteiger partial charge in [-0.15, -0.1) is 0 Å². The summed E-state index contributed by atoms with van der Waals surface area (Å²) in [7, 11) is -3.88. The number of nitrogen functional groups attached to an aromatic ring is 1. The number of benzene rings is 1. The van der Waals surface area contributed by atoms with Gasteiger partial charge in [0.05, 0.1) is 5.60 Å². The summed E-state index contributed by atoms with van der Waals surface area (Å²) in [5.74, 6) is -0.878. The van der Waals surface area contributed by atoms with Crippen molar-refractivity contribution in [1.82, 2.24) is 4.31 Å². The molecule has 5 nitrogen and oxygen atoms in total. The van der Waals surface area contributed by atoms with Crippen LogP contribution in [0, 0.1) is 5.82 Å². The summed E-state index contributed by atoms with van der Waals surface area (Å²) in [6.07, 6.45) is 0. The number of rotatable bonds is 2. The topological polar surface area (TPSA) is 83.6 Å². The summed E-state index contributed by atoms with van der Waals surface area (Å²) in [5.41, 5.74) is 4.48. The van der Waals surface area contributed by atoms with E-state index in [-0.39, 0.29) is 18.8 Å². The van der Waals surface area contributed by atoms with Gasteiger partial charge in [0.2, 0.25) is 10.0 Å². The Morgan fingerprint density at radius 2 is 2.06 bits per heavy atom. The van der Waals surface area contributed by atoms with Crippen molar-refractivity contribution in [2.24, 2.45) is 0 Å². The van der Waals surface area contributed by atoms with Crippen LogP contribution in [0.5, 0.6) is 0 Å². The molecule has 0 bridgehead atoms. The molecule has 94 valence electrons. The molecule has 7 heteroatoms. The van der Waals surface area contributed by atoms with Gasteiger partial charge in [-0.25, -0.2) is 12.8 Å². The number of hydrogen-bond acceptors (Lipinski definition) is 4. The Labute approximate surface area is 98.7 Å². The van der Waals surface area contributed by atoms with Crippen LogP contribution in [-0.2, 0) is 10.0 Å². The van der Waals surface area contributed by atoms with Gasteiger partial charge in [-0.1, -0.05) is 0 Å². The average molecular weight is 260 g/mol. The van der Waals surface area contributed by atoms with E-state index in [0.29, 0.717) is 0 Å². The molecule has 0 unspecified atom stereocenters. The summed E-state index contributed by atoms with van der Waals surface area (Å²) >= 11 is 0. The number of nitrogens with zero attached hydrogens (tertiary/aromatic N) is 1. The maximum atomic E-state index is 13.5. The van der Waals surface area contributed by atoms with Crippen molar-refractivity contribution < 1.29 is 17.9 Å². The molecule has 1 aromatic carbocycles. The summed E-state index contributed by atoms with van der Waals surface area (Å²) < 4.78 is 38.5. The summed E-state index contributed by atoms with van der Waals surface area (Å²) in [5, 5.41) is 9.49. The Morgan fingerprint density at radius 1 is 1.47 bits per heavy atom. The second-order valence-corrected chi connectivity index (χ2v) is 6.37. The molecular formula is C10H13FN2O3S. The molecule has 1 saturated heterocycles. The van der Waals surface area contributed by atoms with E-state index in [2.05, 4.69) is 0 Å². The fraction of sp³-hybridized carbons (Fsp3) is 0.400. The third-order valence-corrected chi connectivity index (χ3v) is 4.43. The summed E-state index contributed by atoms with van der Waals surface area (Å²) in [6, 6.07) is 3.42. The van der Waals surface area contributed by atoms with Gasteiger partial charge in [0.25, 0.3) is 0 Å². The van der Waals surface area contributed by atoms with Gasteiger partial charge in [-0.05, 0) is 25.1 Å². The van der Waals surface area contributed by atoms with E-state index >= 15 is 0 Å². The minimum absolute atomic E-state index is 0.0286. The normalized spacial score (nSPS) is 19.9. The highest BCUT2D eigenvalue weighted by Gasteiger charge is 2.44. The van der Waals surface area contributed by atoms with E-state index in [9.17, 15) is 17.9 Å². The first-order valence-corrected chi connectivity index (χ1v) is 6.44. The van der Waals surface area contributed by atoms with Crippen molar-refractivity contribution in [3.63, 3.8) is 0 Å². The van der Waals surface area contributed by atoms with Crippen LogP contribution in [0.25, 0.3) is 0 Å². The molecule has 2 rings (SSSR count). The fourth-order valence-electron chi connectivity index (χ4n) is 1.75. The molecule has 0 atom stereocenters. The lowest BCUT2D eigenvalue weighted by Gasteiger charge is -2.42. The number of anilines is 1. The van der Waals surface area contributed by atoms with Crippen LogP contribution in [0.2, 0.25) is 0 Å². The predicted molar refractivity (Wildman–Crippen MR) is 60.2 cm³/mol. The third kappa shape index (κ3) is 2.13. The Morgan fingerprint density at radius 3 is 2.53 bits per heavy atom. The zero-order valence-electron chi connectivity index (χ0n) is 9.22. The first kappa shape index (κ1) is 12.3. The summed E-state index contributed by atoms with van der Waals surface area (Å²) in [4.78, 5) is -0.415. The first-order valence-electron chi connectivity index (χ1n) is 5.00. The Bertz CT molecular complexity index is 549. The smallest absolute Gasteiger partial charge is 0.246 e. The van der Waals surface area contributed by atoms with Gasteiger partial charge < -0.3 is 10.8 Å². The molecule has 17 heavy (non-hydrogen) atoms. The van der Waals surface area contributed by atoms with E-state index < -0.39 is 26.3 Å². The summed E-state index contributed by atoms with van der Waals surface area (Å²) in [6.45, 7) is 1.47. The zero-order chi connectivity index (χ0) is 12.8. The largest absolute Gasteiger partial charge is 0.399 e. The van der Waals surface area contributed by atoms with Crippen LogP contribution in [0.3, 0.4) is 0 Å². The molecule has 3 N–H and O–H groups in total. The van der Waals surface area contributed by atoms with E-state index in [4.69, 9.17) is 5.73 Å². The lowest BCUT2D eigenvalue weighted by Crippen LogP contribution is -2.61. The molecule has 0 spiro atoms. The lowest BCUT2D eigenvalue weighted by molar-refractivity contribution is -0.0427. The lowest BCUT2D eigenvalue weighted by atomic mass is 10.0. The van der Waals surface area contributed by atoms with Gasteiger partial charge >= 0.3 is 0 Å². The monoisotopic (exact) mass is 260 g/mol. The first-order chi connectivity index (χ1) is 7.72. The average Bonchev–Trinajstić information content (AvgIpc) is 2.13. The van der Waals surface area contributed by atoms with Crippen molar-refractivity contribution in [2.75, 3.05) is 18.8 Å². The molecule has 1 aliphatic heterocycles. The number of aliphatic hydroxyl groups is 1. The second-order valence-electron chi connectivity index (χ2n) is 4.46. The quantitative estimate of drug-likeness (QED) is 0.742. The minimum atomic E-state index is -3.88. The Kier molecular flexibility index (Phi) is 2.64. The molecule has 1 aliphatic rings.